The van der Waals surface area contributed by atoms with Crippen molar-refractivity contribution in [3.63, 3.8) is 0 Å². The van der Waals surface area contributed by atoms with Crippen LogP contribution in [0.4, 0.5) is 10.1 Å². The number of nitrogen functional groups attached to an aromatic ring is 1. The molecule has 0 saturated heterocycles. The summed E-state index contributed by atoms with van der Waals surface area (Å²) in [6.07, 6.45) is 4.18. The predicted molar refractivity (Wildman–Crippen MR) is 70.6 cm³/mol. The molecule has 2 aromatic rings. The van der Waals surface area contributed by atoms with Crippen LogP contribution in [0.3, 0.4) is 0 Å². The van der Waals surface area contributed by atoms with Gasteiger partial charge in [-0.1, -0.05) is 12.1 Å². The number of halogens is 1. The number of nitrogens with zero attached hydrogens (tertiary/aromatic N) is 1. The maximum Gasteiger partial charge on any atom is 0.123 e. The van der Waals surface area contributed by atoms with Gasteiger partial charge in [-0.2, -0.15) is 0 Å². The summed E-state index contributed by atoms with van der Waals surface area (Å²) in [7, 11) is 1.88. The molecule has 18 heavy (non-hydrogen) atoms. The first-order valence-corrected chi connectivity index (χ1v) is 5.82. The number of pyridine rings is 1. The molecule has 1 heterocycles. The minimum atomic E-state index is -0.222. The Kier molecular flexibility index (Phi) is 3.89. The van der Waals surface area contributed by atoms with Crippen LogP contribution >= 0.6 is 0 Å². The topological polar surface area (TPSA) is 50.9 Å². The van der Waals surface area contributed by atoms with E-state index in [1.54, 1.807) is 30.6 Å². The first-order chi connectivity index (χ1) is 8.70. The molecule has 0 fully saturated rings. The summed E-state index contributed by atoms with van der Waals surface area (Å²) in [5, 5.41) is 3.21. The van der Waals surface area contributed by atoms with Gasteiger partial charge >= 0.3 is 0 Å². The summed E-state index contributed by atoms with van der Waals surface area (Å²) < 4.78 is 12.8. The molecule has 0 spiro atoms. The van der Waals surface area contributed by atoms with E-state index in [2.05, 4.69) is 10.3 Å². The van der Waals surface area contributed by atoms with Crippen molar-refractivity contribution in [2.24, 2.45) is 0 Å². The summed E-state index contributed by atoms with van der Waals surface area (Å²) >= 11 is 0. The van der Waals surface area contributed by atoms with Gasteiger partial charge in [-0.15, -0.1) is 0 Å². The van der Waals surface area contributed by atoms with Gasteiger partial charge in [-0.3, -0.25) is 4.98 Å². The molecule has 0 amide bonds. The molecular formula is C14H16FN3. The van der Waals surface area contributed by atoms with Gasteiger partial charge in [0.15, 0.2) is 0 Å². The molecule has 94 valence electrons. The van der Waals surface area contributed by atoms with Crippen LogP contribution in [0.1, 0.15) is 17.2 Å². The Labute approximate surface area is 106 Å². The molecule has 0 aliphatic rings. The Hall–Kier alpha value is -1.94. The zero-order valence-electron chi connectivity index (χ0n) is 10.2. The number of rotatable bonds is 4. The third kappa shape index (κ3) is 2.84. The zero-order valence-corrected chi connectivity index (χ0v) is 10.2. The van der Waals surface area contributed by atoms with Crippen molar-refractivity contribution >= 4 is 5.69 Å². The van der Waals surface area contributed by atoms with Crippen LogP contribution in [0.2, 0.25) is 0 Å². The van der Waals surface area contributed by atoms with Gasteiger partial charge in [0.2, 0.25) is 0 Å². The number of benzene rings is 1. The highest BCUT2D eigenvalue weighted by Gasteiger charge is 2.13. The van der Waals surface area contributed by atoms with Crippen LogP contribution in [0, 0.1) is 5.82 Å². The molecule has 2 rings (SSSR count). The Morgan fingerprint density at radius 2 is 2.00 bits per heavy atom. The fourth-order valence-corrected chi connectivity index (χ4v) is 1.93. The van der Waals surface area contributed by atoms with Crippen LogP contribution in [0.5, 0.6) is 0 Å². The molecule has 0 bridgehead atoms. The number of hydrogen-bond donors (Lipinski definition) is 2. The lowest BCUT2D eigenvalue weighted by molar-refractivity contribution is 0.588. The molecular weight excluding hydrogens is 229 g/mol. The van der Waals surface area contributed by atoms with E-state index >= 15 is 0 Å². The molecule has 0 aliphatic heterocycles. The van der Waals surface area contributed by atoms with Crippen molar-refractivity contribution < 1.29 is 4.39 Å². The van der Waals surface area contributed by atoms with Crippen molar-refractivity contribution in [1.82, 2.24) is 10.3 Å². The summed E-state index contributed by atoms with van der Waals surface area (Å²) in [5.41, 5.74) is 8.67. The molecule has 1 aromatic carbocycles. The number of nitrogens with two attached hydrogens (primary N) is 1. The number of likely N-dealkylation sites (N-methyl/N-ethyl adjacent to an activating group) is 1. The van der Waals surface area contributed by atoms with Gasteiger partial charge in [-0.05, 0) is 37.2 Å². The summed E-state index contributed by atoms with van der Waals surface area (Å²) in [6, 6.07) is 8.36. The molecule has 1 unspecified atom stereocenters. The van der Waals surface area contributed by atoms with Gasteiger partial charge in [0.1, 0.15) is 5.82 Å². The maximum absolute atomic E-state index is 12.8. The minimum Gasteiger partial charge on any atom is -0.398 e. The molecule has 1 aromatic heterocycles. The quantitative estimate of drug-likeness (QED) is 0.869. The summed E-state index contributed by atoms with van der Waals surface area (Å²) in [5.74, 6) is -0.222. The van der Waals surface area contributed by atoms with E-state index < -0.39 is 0 Å². The molecule has 0 radical (unpaired) electrons. The van der Waals surface area contributed by atoms with Gasteiger partial charge in [0, 0.05) is 29.7 Å². The third-order valence-corrected chi connectivity index (χ3v) is 2.96. The second kappa shape index (κ2) is 5.60. The van der Waals surface area contributed by atoms with Crippen LogP contribution in [0.25, 0.3) is 0 Å². The normalized spacial score (nSPS) is 12.3. The van der Waals surface area contributed by atoms with E-state index in [1.807, 2.05) is 7.05 Å². The Bertz CT molecular complexity index is 511. The van der Waals surface area contributed by atoms with Gasteiger partial charge in [0.05, 0.1) is 0 Å². The van der Waals surface area contributed by atoms with Crippen LogP contribution in [0.15, 0.2) is 42.7 Å². The SMILES string of the molecule is CNC(Cc1ccc(F)cc1)c1cnccc1N. The molecule has 0 saturated carbocycles. The van der Waals surface area contributed by atoms with E-state index in [4.69, 9.17) is 5.73 Å². The first kappa shape index (κ1) is 12.5. The van der Waals surface area contributed by atoms with Crippen molar-refractivity contribution in [1.29, 1.82) is 0 Å². The van der Waals surface area contributed by atoms with Crippen molar-refractivity contribution in [3.8, 4) is 0 Å². The standard InChI is InChI=1S/C14H16FN3/c1-17-14(12-9-18-7-6-13(12)16)8-10-2-4-11(15)5-3-10/h2-7,9,14,17H,8H2,1H3,(H2,16,18). The van der Waals surface area contributed by atoms with Crippen LogP contribution in [-0.2, 0) is 6.42 Å². The molecule has 1 atom stereocenters. The van der Waals surface area contributed by atoms with E-state index in [0.717, 1.165) is 17.5 Å². The van der Waals surface area contributed by atoms with Crippen molar-refractivity contribution in [2.45, 2.75) is 12.5 Å². The second-order valence-corrected chi connectivity index (χ2v) is 4.18. The third-order valence-electron chi connectivity index (χ3n) is 2.96. The molecule has 4 heteroatoms. The van der Waals surface area contributed by atoms with E-state index in [1.165, 1.54) is 12.1 Å². The number of hydrogen-bond acceptors (Lipinski definition) is 3. The first-order valence-electron chi connectivity index (χ1n) is 5.82. The van der Waals surface area contributed by atoms with Crippen LogP contribution < -0.4 is 11.1 Å². The van der Waals surface area contributed by atoms with Crippen molar-refractivity contribution in [2.75, 3.05) is 12.8 Å². The highest BCUT2D eigenvalue weighted by Crippen LogP contribution is 2.22. The Morgan fingerprint density at radius 1 is 1.28 bits per heavy atom. The second-order valence-electron chi connectivity index (χ2n) is 4.18. The number of aromatic nitrogens is 1. The lowest BCUT2D eigenvalue weighted by Crippen LogP contribution is -2.20. The molecule has 0 aliphatic carbocycles. The smallest absolute Gasteiger partial charge is 0.123 e. The fourth-order valence-electron chi connectivity index (χ4n) is 1.93. The Morgan fingerprint density at radius 3 is 2.61 bits per heavy atom. The zero-order chi connectivity index (χ0) is 13.0. The minimum absolute atomic E-state index is 0.0733. The lowest BCUT2D eigenvalue weighted by atomic mass is 9.99. The summed E-state index contributed by atoms with van der Waals surface area (Å²) in [6.45, 7) is 0. The largest absolute Gasteiger partial charge is 0.398 e. The van der Waals surface area contributed by atoms with Crippen molar-refractivity contribution in [3.05, 3.63) is 59.7 Å². The van der Waals surface area contributed by atoms with E-state index in [-0.39, 0.29) is 11.9 Å². The van der Waals surface area contributed by atoms with E-state index in [0.29, 0.717) is 5.69 Å². The fraction of sp³-hybridized carbons (Fsp3) is 0.214. The highest BCUT2D eigenvalue weighted by atomic mass is 19.1. The van der Waals surface area contributed by atoms with Crippen LogP contribution in [-0.4, -0.2) is 12.0 Å². The molecule has 3 N–H and O–H groups in total. The highest BCUT2D eigenvalue weighted by molar-refractivity contribution is 5.46. The summed E-state index contributed by atoms with van der Waals surface area (Å²) in [4.78, 5) is 4.09. The monoisotopic (exact) mass is 245 g/mol. The number of anilines is 1. The average Bonchev–Trinajstić information content (AvgIpc) is 2.39. The van der Waals surface area contributed by atoms with Gasteiger partial charge in [0.25, 0.3) is 0 Å². The average molecular weight is 245 g/mol. The number of nitrogens with one attached hydrogen (secondary N) is 1. The Balaban J connectivity index is 2.20. The van der Waals surface area contributed by atoms with Gasteiger partial charge in [-0.25, -0.2) is 4.39 Å². The maximum atomic E-state index is 12.8. The van der Waals surface area contributed by atoms with E-state index in [9.17, 15) is 4.39 Å². The predicted octanol–water partition coefficient (Wildman–Crippen LogP) is 2.31. The van der Waals surface area contributed by atoms with Gasteiger partial charge < -0.3 is 11.1 Å². The molecule has 3 nitrogen and oxygen atoms in total. The lowest BCUT2D eigenvalue weighted by Gasteiger charge is -2.18.